The second-order valence-electron chi connectivity index (χ2n) is 6.86. The van der Waals surface area contributed by atoms with Gasteiger partial charge in [-0.25, -0.2) is 4.79 Å². The maximum Gasteiger partial charge on any atom is 0.323 e. The largest absolute Gasteiger partial charge is 0.493 e. The van der Waals surface area contributed by atoms with Gasteiger partial charge in [-0.2, -0.15) is 0 Å². The van der Waals surface area contributed by atoms with Crippen molar-refractivity contribution in [3.8, 4) is 11.5 Å². The molecule has 0 fully saturated rings. The standard InChI is InChI=1S/C26H25N3O4/c1-3-17-33-23-15-9-19(18-24(23)32-2)10-16-25(30)27-21-11-13-22(14-12-21)29-26(31)28-20-7-5-4-6-8-20/h3-16,18H,1,17H2,2H3,(H,27,30)(H2,28,29,31)/b16-10-. The molecule has 3 amide bonds. The Morgan fingerprint density at radius 3 is 2.12 bits per heavy atom. The third-order valence-electron chi connectivity index (χ3n) is 4.41. The van der Waals surface area contributed by atoms with Crippen molar-refractivity contribution in [2.24, 2.45) is 0 Å². The lowest BCUT2D eigenvalue weighted by Gasteiger charge is -2.10. The lowest BCUT2D eigenvalue weighted by atomic mass is 10.2. The second-order valence-corrected chi connectivity index (χ2v) is 6.86. The Hall–Kier alpha value is -4.52. The zero-order valence-electron chi connectivity index (χ0n) is 18.2. The summed E-state index contributed by atoms with van der Waals surface area (Å²) in [6.07, 6.45) is 4.76. The Bertz CT molecular complexity index is 1130. The average Bonchev–Trinajstić information content (AvgIpc) is 2.83. The van der Waals surface area contributed by atoms with Gasteiger partial charge in [0.15, 0.2) is 11.5 Å². The van der Waals surface area contributed by atoms with Gasteiger partial charge in [0.1, 0.15) is 6.61 Å². The molecule has 3 aromatic carbocycles. The van der Waals surface area contributed by atoms with Crippen LogP contribution in [-0.2, 0) is 4.79 Å². The van der Waals surface area contributed by atoms with E-state index in [0.29, 0.717) is 35.2 Å². The number of rotatable bonds is 9. The van der Waals surface area contributed by atoms with Gasteiger partial charge in [-0.15, -0.1) is 0 Å². The van der Waals surface area contributed by atoms with Crippen LogP contribution in [0, 0.1) is 0 Å². The smallest absolute Gasteiger partial charge is 0.323 e. The fourth-order valence-electron chi connectivity index (χ4n) is 2.86. The summed E-state index contributed by atoms with van der Waals surface area (Å²) in [6, 6.07) is 21.0. The van der Waals surface area contributed by atoms with Crippen LogP contribution in [0.2, 0.25) is 0 Å². The number of para-hydroxylation sites is 1. The Labute approximate surface area is 192 Å². The van der Waals surface area contributed by atoms with Gasteiger partial charge >= 0.3 is 6.03 Å². The van der Waals surface area contributed by atoms with Gasteiger partial charge in [0.25, 0.3) is 0 Å². The van der Waals surface area contributed by atoms with Crippen molar-refractivity contribution in [2.75, 3.05) is 29.7 Å². The van der Waals surface area contributed by atoms with Crippen LogP contribution < -0.4 is 25.4 Å². The minimum atomic E-state index is -0.350. The van der Waals surface area contributed by atoms with Crippen molar-refractivity contribution in [1.29, 1.82) is 0 Å². The summed E-state index contributed by atoms with van der Waals surface area (Å²) < 4.78 is 10.9. The second kappa shape index (κ2) is 11.8. The van der Waals surface area contributed by atoms with Crippen LogP contribution in [0.3, 0.4) is 0 Å². The van der Waals surface area contributed by atoms with Crippen LogP contribution in [0.5, 0.6) is 11.5 Å². The Morgan fingerprint density at radius 2 is 1.48 bits per heavy atom. The number of hydrogen-bond acceptors (Lipinski definition) is 4. The van der Waals surface area contributed by atoms with Gasteiger partial charge in [-0.3, -0.25) is 4.79 Å². The molecule has 0 atom stereocenters. The molecule has 7 heteroatoms. The van der Waals surface area contributed by atoms with E-state index in [1.807, 2.05) is 24.3 Å². The summed E-state index contributed by atoms with van der Waals surface area (Å²) in [5.41, 5.74) is 2.69. The first-order chi connectivity index (χ1) is 16.1. The summed E-state index contributed by atoms with van der Waals surface area (Å²) in [4.78, 5) is 24.3. The van der Waals surface area contributed by atoms with Crippen molar-refractivity contribution < 1.29 is 19.1 Å². The molecule has 7 nitrogen and oxygen atoms in total. The summed E-state index contributed by atoms with van der Waals surface area (Å²) >= 11 is 0. The highest BCUT2D eigenvalue weighted by molar-refractivity contribution is 6.02. The summed E-state index contributed by atoms with van der Waals surface area (Å²) in [5.74, 6) is 0.882. The van der Waals surface area contributed by atoms with Crippen LogP contribution in [0.15, 0.2) is 91.5 Å². The first-order valence-electron chi connectivity index (χ1n) is 10.2. The first-order valence-corrected chi connectivity index (χ1v) is 10.2. The quantitative estimate of drug-likeness (QED) is 0.299. The summed E-state index contributed by atoms with van der Waals surface area (Å²) in [5, 5.41) is 8.26. The zero-order valence-corrected chi connectivity index (χ0v) is 18.2. The normalized spacial score (nSPS) is 10.3. The Kier molecular flexibility index (Phi) is 8.25. The van der Waals surface area contributed by atoms with Gasteiger partial charge in [0.2, 0.25) is 5.91 Å². The van der Waals surface area contributed by atoms with E-state index < -0.39 is 0 Å². The molecule has 0 aromatic heterocycles. The van der Waals surface area contributed by atoms with E-state index >= 15 is 0 Å². The molecule has 0 aliphatic heterocycles. The molecule has 0 aliphatic rings. The average molecular weight is 444 g/mol. The maximum absolute atomic E-state index is 12.3. The molecule has 168 valence electrons. The number of carbonyl (C=O) groups is 2. The molecule has 0 bridgehead atoms. The lowest BCUT2D eigenvalue weighted by Crippen LogP contribution is -2.19. The fourth-order valence-corrected chi connectivity index (χ4v) is 2.86. The van der Waals surface area contributed by atoms with Crippen molar-refractivity contribution >= 4 is 35.1 Å². The third kappa shape index (κ3) is 7.29. The van der Waals surface area contributed by atoms with Crippen molar-refractivity contribution in [2.45, 2.75) is 0 Å². The third-order valence-corrected chi connectivity index (χ3v) is 4.41. The lowest BCUT2D eigenvalue weighted by molar-refractivity contribution is -0.111. The van der Waals surface area contributed by atoms with E-state index in [2.05, 4.69) is 22.5 Å². The molecular formula is C26H25N3O4. The molecule has 0 spiro atoms. The molecule has 3 aromatic rings. The molecule has 0 saturated heterocycles. The van der Waals surface area contributed by atoms with Crippen LogP contribution in [0.1, 0.15) is 5.56 Å². The number of methoxy groups -OCH3 is 1. The molecule has 0 saturated carbocycles. The number of benzene rings is 3. The predicted molar refractivity (Wildman–Crippen MR) is 132 cm³/mol. The van der Waals surface area contributed by atoms with E-state index in [4.69, 9.17) is 9.47 Å². The highest BCUT2D eigenvalue weighted by Crippen LogP contribution is 2.28. The van der Waals surface area contributed by atoms with Crippen LogP contribution >= 0.6 is 0 Å². The van der Waals surface area contributed by atoms with Crippen LogP contribution in [0.4, 0.5) is 21.9 Å². The fraction of sp³-hybridized carbons (Fsp3) is 0.0769. The van der Waals surface area contributed by atoms with E-state index in [-0.39, 0.29) is 11.9 Å². The van der Waals surface area contributed by atoms with Gasteiger partial charge in [0, 0.05) is 23.1 Å². The molecule has 0 unspecified atom stereocenters. The minimum Gasteiger partial charge on any atom is -0.493 e. The number of anilines is 3. The molecule has 3 rings (SSSR count). The number of carbonyl (C=O) groups excluding carboxylic acids is 2. The van der Waals surface area contributed by atoms with Gasteiger partial charge < -0.3 is 25.4 Å². The molecule has 3 N–H and O–H groups in total. The summed E-state index contributed by atoms with van der Waals surface area (Å²) in [7, 11) is 1.56. The van der Waals surface area contributed by atoms with Crippen LogP contribution in [-0.4, -0.2) is 25.7 Å². The first kappa shape index (κ1) is 23.1. The van der Waals surface area contributed by atoms with E-state index in [1.54, 1.807) is 67.8 Å². The Balaban J connectivity index is 1.53. The highest BCUT2D eigenvalue weighted by atomic mass is 16.5. The van der Waals surface area contributed by atoms with Gasteiger partial charge in [-0.1, -0.05) is 36.9 Å². The molecule has 33 heavy (non-hydrogen) atoms. The monoisotopic (exact) mass is 443 g/mol. The van der Waals surface area contributed by atoms with Crippen molar-refractivity contribution in [3.63, 3.8) is 0 Å². The summed E-state index contributed by atoms with van der Waals surface area (Å²) in [6.45, 7) is 4.00. The molecule has 0 radical (unpaired) electrons. The molecular weight excluding hydrogens is 418 g/mol. The minimum absolute atomic E-state index is 0.288. The van der Waals surface area contributed by atoms with Crippen LogP contribution in [0.25, 0.3) is 6.08 Å². The number of amides is 3. The number of nitrogens with one attached hydrogen (secondary N) is 3. The topological polar surface area (TPSA) is 88.7 Å². The van der Waals surface area contributed by atoms with E-state index in [9.17, 15) is 9.59 Å². The van der Waals surface area contributed by atoms with Crippen molar-refractivity contribution in [1.82, 2.24) is 0 Å². The SMILES string of the molecule is C=CCOc1ccc(/C=C\C(=O)Nc2ccc(NC(=O)Nc3ccccc3)cc2)cc1OC. The highest BCUT2D eigenvalue weighted by Gasteiger charge is 2.06. The number of hydrogen-bond donors (Lipinski definition) is 3. The van der Waals surface area contributed by atoms with Gasteiger partial charge in [-0.05, 0) is 60.2 Å². The maximum atomic E-state index is 12.3. The Morgan fingerprint density at radius 1 is 0.848 bits per heavy atom. The van der Waals surface area contributed by atoms with Crippen molar-refractivity contribution in [3.05, 3.63) is 97.1 Å². The van der Waals surface area contributed by atoms with E-state index in [0.717, 1.165) is 5.56 Å². The zero-order chi connectivity index (χ0) is 23.5. The number of ether oxygens (including phenoxy) is 2. The number of urea groups is 1. The van der Waals surface area contributed by atoms with E-state index in [1.165, 1.54) is 6.08 Å². The van der Waals surface area contributed by atoms with Gasteiger partial charge in [0.05, 0.1) is 7.11 Å². The molecule has 0 heterocycles. The molecule has 0 aliphatic carbocycles. The predicted octanol–water partition coefficient (Wildman–Crippen LogP) is 5.56.